The van der Waals surface area contributed by atoms with Crippen LogP contribution in [0, 0.1) is 46.3 Å². The van der Waals surface area contributed by atoms with Gasteiger partial charge < -0.3 is 37.9 Å². The van der Waals surface area contributed by atoms with Gasteiger partial charge in [-0.25, -0.2) is 4.68 Å². The van der Waals surface area contributed by atoms with Gasteiger partial charge in [-0.2, -0.15) is 0 Å². The summed E-state index contributed by atoms with van der Waals surface area (Å²) in [4.78, 5) is 48.3. The zero-order valence-electron chi connectivity index (χ0n) is 35.9. The molecule has 0 amide bonds. The van der Waals surface area contributed by atoms with E-state index in [1.54, 1.807) is 0 Å². The summed E-state index contributed by atoms with van der Waals surface area (Å²) in [5.41, 5.74) is 2.48. The van der Waals surface area contributed by atoms with E-state index in [1.165, 1.54) is 52.5 Å². The number of nitrogens with zero attached hydrogens (tertiary/aromatic N) is 3. The minimum atomic E-state index is -1.31. The van der Waals surface area contributed by atoms with Crippen molar-refractivity contribution >= 4 is 23.9 Å². The third-order valence-electron chi connectivity index (χ3n) is 15.6. The molecule has 0 aromatic carbocycles. The summed E-state index contributed by atoms with van der Waals surface area (Å²) in [5.74, 6) is 0.443. The smallest absolute Gasteiger partial charge is 0.303 e. The summed E-state index contributed by atoms with van der Waals surface area (Å²) >= 11 is 0. The SMILES string of the molecule is CC(=O)OC[C@H]1O[C@H](OCc2cn([C@H]3CC[C@@]4(C)C(=CC[C@H]5[C@@H]6C[C@@H]7O[C@]8(CC[C@@H](C)CO8)[C@@H](C)[C@@H]7[C@@]6(C)CC[C@@H]54)C3)nn2)[C@H](OC(C)=O)[C@@H](OC(C)=O)[C@@H]1OC(C)=O. The van der Waals surface area contributed by atoms with E-state index in [9.17, 15) is 19.2 Å². The van der Waals surface area contributed by atoms with Crippen molar-refractivity contribution in [1.82, 2.24) is 15.0 Å². The number of carbonyl (C=O) groups excluding carboxylic acids is 4. The minimum absolute atomic E-state index is 0.0819. The Morgan fingerprint density at radius 3 is 2.31 bits per heavy atom. The quantitative estimate of drug-likeness (QED) is 0.167. The Morgan fingerprint density at radius 1 is 0.881 bits per heavy atom. The van der Waals surface area contributed by atoms with Gasteiger partial charge in [-0.15, -0.1) is 5.10 Å². The van der Waals surface area contributed by atoms with Crippen molar-refractivity contribution < 1.29 is 57.1 Å². The average molecular weight is 826 g/mol. The highest BCUT2D eigenvalue weighted by molar-refractivity contribution is 5.68. The molecule has 59 heavy (non-hydrogen) atoms. The first-order valence-corrected chi connectivity index (χ1v) is 21.9. The largest absolute Gasteiger partial charge is 0.463 e. The molecule has 16 atom stereocenters. The van der Waals surface area contributed by atoms with Gasteiger partial charge in [0.05, 0.1) is 31.6 Å². The number of carbonyl (C=O) groups is 4. The molecule has 3 saturated carbocycles. The fourth-order valence-electron chi connectivity index (χ4n) is 12.9. The number of fused-ring (bicyclic) bond motifs is 7. The zero-order chi connectivity index (χ0) is 42.0. The highest BCUT2D eigenvalue weighted by atomic mass is 16.7. The Morgan fingerprint density at radius 2 is 1.61 bits per heavy atom. The third-order valence-corrected chi connectivity index (χ3v) is 15.6. The van der Waals surface area contributed by atoms with Crippen LogP contribution < -0.4 is 0 Å². The van der Waals surface area contributed by atoms with E-state index in [2.05, 4.69) is 44.1 Å². The van der Waals surface area contributed by atoms with Crippen LogP contribution in [-0.2, 0) is 63.7 Å². The molecule has 0 bridgehead atoms. The van der Waals surface area contributed by atoms with Crippen molar-refractivity contribution in [3.8, 4) is 0 Å². The van der Waals surface area contributed by atoms with E-state index in [-0.39, 0.29) is 35.9 Å². The van der Waals surface area contributed by atoms with Crippen molar-refractivity contribution in [1.29, 1.82) is 0 Å². The topological polar surface area (TPSA) is 173 Å². The van der Waals surface area contributed by atoms with Crippen LogP contribution in [0.4, 0.5) is 0 Å². The molecule has 3 saturated heterocycles. The number of hydrogen-bond donors (Lipinski definition) is 0. The molecule has 1 spiro atoms. The molecular formula is C44H63N3O12. The molecule has 15 nitrogen and oxygen atoms in total. The molecule has 15 heteroatoms. The fraction of sp³-hybridized carbons (Fsp3) is 0.818. The van der Waals surface area contributed by atoms with Crippen LogP contribution in [0.25, 0.3) is 0 Å². The van der Waals surface area contributed by atoms with E-state index >= 15 is 0 Å². The van der Waals surface area contributed by atoms with Crippen LogP contribution in [-0.4, -0.2) is 94.7 Å². The molecule has 8 rings (SSSR count). The van der Waals surface area contributed by atoms with Gasteiger partial charge in [0, 0.05) is 40.0 Å². The zero-order valence-corrected chi connectivity index (χ0v) is 35.9. The van der Waals surface area contributed by atoms with Gasteiger partial charge >= 0.3 is 23.9 Å². The maximum atomic E-state index is 12.3. The van der Waals surface area contributed by atoms with Gasteiger partial charge in [-0.05, 0) is 91.8 Å². The Balaban J connectivity index is 0.935. The normalized spacial score (nSPS) is 43.7. The summed E-state index contributed by atoms with van der Waals surface area (Å²) in [7, 11) is 0. The van der Waals surface area contributed by atoms with Gasteiger partial charge in [0.1, 0.15) is 18.4 Å². The van der Waals surface area contributed by atoms with Gasteiger partial charge in [0.2, 0.25) is 0 Å². The Kier molecular flexibility index (Phi) is 11.6. The van der Waals surface area contributed by atoms with Crippen LogP contribution in [0.1, 0.15) is 125 Å². The monoisotopic (exact) mass is 825 g/mol. The number of rotatable bonds is 9. The van der Waals surface area contributed by atoms with E-state index in [0.717, 1.165) is 45.1 Å². The van der Waals surface area contributed by atoms with Crippen molar-refractivity contribution in [2.45, 2.75) is 168 Å². The van der Waals surface area contributed by atoms with E-state index in [1.807, 2.05) is 10.9 Å². The third kappa shape index (κ3) is 7.75. The second-order valence-corrected chi connectivity index (χ2v) is 19.2. The predicted octanol–water partition coefficient (Wildman–Crippen LogP) is 5.79. The Hall–Kier alpha value is -3.40. The number of aromatic nitrogens is 3. The minimum Gasteiger partial charge on any atom is -0.463 e. The van der Waals surface area contributed by atoms with E-state index < -0.39 is 54.6 Å². The highest BCUT2D eigenvalue weighted by Crippen LogP contribution is 2.71. The Bertz CT molecular complexity index is 1810. The van der Waals surface area contributed by atoms with Gasteiger partial charge in [-0.3, -0.25) is 19.2 Å². The lowest BCUT2D eigenvalue weighted by Crippen LogP contribution is -2.62. The molecule has 4 aliphatic carbocycles. The predicted molar refractivity (Wildman–Crippen MR) is 207 cm³/mol. The Labute approximate surface area is 346 Å². The molecule has 3 aliphatic heterocycles. The molecule has 0 radical (unpaired) electrons. The lowest BCUT2D eigenvalue weighted by Gasteiger charge is -2.58. The lowest BCUT2D eigenvalue weighted by molar-refractivity contribution is -0.310. The molecule has 326 valence electrons. The van der Waals surface area contributed by atoms with Crippen molar-refractivity contribution in [2.24, 2.45) is 46.3 Å². The first-order chi connectivity index (χ1) is 28.0. The summed E-state index contributed by atoms with van der Waals surface area (Å²) in [6, 6.07) is 0.140. The molecule has 6 fully saturated rings. The molecule has 0 N–H and O–H groups in total. The maximum absolute atomic E-state index is 12.3. The first kappa shape index (κ1) is 42.3. The van der Waals surface area contributed by atoms with Crippen LogP contribution in [0.5, 0.6) is 0 Å². The highest BCUT2D eigenvalue weighted by Gasteiger charge is 2.68. The van der Waals surface area contributed by atoms with Crippen LogP contribution in [0.3, 0.4) is 0 Å². The number of ether oxygens (including phenoxy) is 8. The molecule has 0 unspecified atom stereocenters. The molecule has 1 aromatic heterocycles. The summed E-state index contributed by atoms with van der Waals surface area (Å²) in [5, 5.41) is 8.96. The maximum Gasteiger partial charge on any atom is 0.303 e. The second-order valence-electron chi connectivity index (χ2n) is 19.2. The van der Waals surface area contributed by atoms with Crippen LogP contribution in [0.2, 0.25) is 0 Å². The molecule has 1 aromatic rings. The second kappa shape index (κ2) is 16.1. The average Bonchev–Trinajstić information content (AvgIpc) is 3.84. The summed E-state index contributed by atoms with van der Waals surface area (Å²) in [6.45, 7) is 15.0. The van der Waals surface area contributed by atoms with Crippen molar-refractivity contribution in [2.75, 3.05) is 13.2 Å². The number of esters is 4. The van der Waals surface area contributed by atoms with E-state index in [4.69, 9.17) is 37.9 Å². The first-order valence-electron chi connectivity index (χ1n) is 21.9. The fourth-order valence-corrected chi connectivity index (χ4v) is 12.9. The number of allylic oxidation sites excluding steroid dienone is 2. The van der Waals surface area contributed by atoms with Gasteiger partial charge in [-0.1, -0.05) is 44.6 Å². The standard InChI is InChI=1S/C44H63N3O12/c1-23-11-16-44(54-20-23)24(2)37-35(59-44)18-34-32-10-9-29-17-31(12-14-42(29,7)33(32)13-15-43(34,37)8)47-19-30(45-46-47)21-53-41-40(57-28(6)51)39(56-27(5)50)38(55-26(4)49)36(58-41)22-52-25(3)48/h9,19,23-24,31-41H,10-18,20-22H2,1-8H3/t23-,24+,31+,32-,33+,34+,35+,36-,37+,38-,39+,40-,41+,42+,43+,44-/m1/s1. The van der Waals surface area contributed by atoms with E-state index in [0.29, 0.717) is 47.3 Å². The van der Waals surface area contributed by atoms with Crippen molar-refractivity contribution in [3.05, 3.63) is 23.5 Å². The van der Waals surface area contributed by atoms with Crippen LogP contribution >= 0.6 is 0 Å². The number of hydrogen-bond acceptors (Lipinski definition) is 14. The van der Waals surface area contributed by atoms with Gasteiger partial charge in [0.15, 0.2) is 30.4 Å². The molecule has 7 aliphatic rings. The molecular weight excluding hydrogens is 762 g/mol. The lowest BCUT2D eigenvalue weighted by atomic mass is 9.46. The van der Waals surface area contributed by atoms with Gasteiger partial charge in [0.25, 0.3) is 0 Å². The summed E-state index contributed by atoms with van der Waals surface area (Å²) < 4.78 is 49.4. The summed E-state index contributed by atoms with van der Waals surface area (Å²) in [6.07, 6.45) is 8.37. The molecule has 4 heterocycles. The van der Waals surface area contributed by atoms with Crippen LogP contribution in [0.15, 0.2) is 17.8 Å². The van der Waals surface area contributed by atoms with Crippen molar-refractivity contribution in [3.63, 3.8) is 0 Å².